The minimum atomic E-state index is -0.796. The molecule has 2 aromatic rings. The molecule has 2 N–H and O–H groups in total. The molecule has 0 aliphatic carbocycles. The van der Waals surface area contributed by atoms with Gasteiger partial charge in [0.2, 0.25) is 0 Å². The third-order valence-corrected chi connectivity index (χ3v) is 3.12. The second-order valence-corrected chi connectivity index (χ2v) is 4.60. The summed E-state index contributed by atoms with van der Waals surface area (Å²) in [7, 11) is 0. The highest BCUT2D eigenvalue weighted by molar-refractivity contribution is 6.30. The Morgan fingerprint density at radius 3 is 2.58 bits per heavy atom. The average molecular weight is 286 g/mol. The second kappa shape index (κ2) is 5.63. The molecule has 5 heteroatoms. The lowest BCUT2D eigenvalue weighted by Gasteiger charge is -2.14. The summed E-state index contributed by atoms with van der Waals surface area (Å²) in [5.74, 6) is -1.76. The minimum Gasteiger partial charge on any atom is -0.324 e. The van der Waals surface area contributed by atoms with E-state index in [9.17, 15) is 13.2 Å². The van der Waals surface area contributed by atoms with Gasteiger partial charge in [-0.15, -0.1) is 0 Å². The van der Waals surface area contributed by atoms with Gasteiger partial charge in [0.25, 0.3) is 0 Å². The summed E-state index contributed by atoms with van der Waals surface area (Å²) < 4.78 is 40.3. The van der Waals surface area contributed by atoms with Gasteiger partial charge in [-0.25, -0.2) is 13.2 Å². The first kappa shape index (κ1) is 13.9. The topological polar surface area (TPSA) is 26.0 Å². The molecule has 1 atom stereocenters. The predicted octanol–water partition coefficient (Wildman–Crippen LogP) is 4.00. The summed E-state index contributed by atoms with van der Waals surface area (Å²) in [5, 5.41) is -0.0485. The zero-order valence-corrected chi connectivity index (χ0v) is 10.6. The van der Waals surface area contributed by atoms with Gasteiger partial charge >= 0.3 is 0 Å². The van der Waals surface area contributed by atoms with Gasteiger partial charge in [0.05, 0.1) is 5.02 Å². The van der Waals surface area contributed by atoms with Crippen molar-refractivity contribution in [3.8, 4) is 0 Å². The number of rotatable bonds is 3. The van der Waals surface area contributed by atoms with Crippen molar-refractivity contribution < 1.29 is 13.2 Å². The monoisotopic (exact) mass is 285 g/mol. The summed E-state index contributed by atoms with van der Waals surface area (Å²) in [6, 6.07) is 6.73. The molecule has 2 aromatic carbocycles. The molecule has 0 radical (unpaired) electrons. The Labute approximate surface area is 113 Å². The Morgan fingerprint density at radius 1 is 1.11 bits per heavy atom. The first-order chi connectivity index (χ1) is 8.99. The van der Waals surface area contributed by atoms with E-state index >= 15 is 0 Å². The van der Waals surface area contributed by atoms with E-state index in [-0.39, 0.29) is 22.6 Å². The molecule has 0 heterocycles. The summed E-state index contributed by atoms with van der Waals surface area (Å²) >= 11 is 5.65. The van der Waals surface area contributed by atoms with Gasteiger partial charge in [-0.1, -0.05) is 23.7 Å². The van der Waals surface area contributed by atoms with Crippen molar-refractivity contribution in [2.45, 2.75) is 12.5 Å². The van der Waals surface area contributed by atoms with Gasteiger partial charge < -0.3 is 5.73 Å². The molecule has 0 spiro atoms. The van der Waals surface area contributed by atoms with E-state index < -0.39 is 23.5 Å². The van der Waals surface area contributed by atoms with Crippen LogP contribution in [0.1, 0.15) is 17.2 Å². The van der Waals surface area contributed by atoms with Crippen molar-refractivity contribution in [2.75, 3.05) is 0 Å². The first-order valence-corrected chi connectivity index (χ1v) is 6.00. The van der Waals surface area contributed by atoms with E-state index in [1.807, 2.05) is 0 Å². The molecule has 0 amide bonds. The Kier molecular flexibility index (Phi) is 4.12. The highest BCUT2D eigenvalue weighted by atomic mass is 35.5. The van der Waals surface area contributed by atoms with Crippen LogP contribution in [0.5, 0.6) is 0 Å². The third kappa shape index (κ3) is 3.08. The molecule has 1 nitrogen and oxygen atoms in total. The molecule has 100 valence electrons. The fourth-order valence-corrected chi connectivity index (χ4v) is 2.04. The fourth-order valence-electron chi connectivity index (χ4n) is 1.85. The quantitative estimate of drug-likeness (QED) is 0.906. The van der Waals surface area contributed by atoms with E-state index in [1.165, 1.54) is 12.1 Å². The van der Waals surface area contributed by atoms with E-state index in [1.54, 1.807) is 6.07 Å². The lowest BCUT2D eigenvalue weighted by Crippen LogP contribution is -2.16. The van der Waals surface area contributed by atoms with Crippen molar-refractivity contribution >= 4 is 11.6 Å². The maximum Gasteiger partial charge on any atom is 0.146 e. The predicted molar refractivity (Wildman–Crippen MR) is 68.4 cm³/mol. The van der Waals surface area contributed by atoms with Crippen LogP contribution in [0.15, 0.2) is 36.4 Å². The third-order valence-electron chi connectivity index (χ3n) is 2.83. The lowest BCUT2D eigenvalue weighted by molar-refractivity contribution is 0.555. The number of halogens is 4. The molecule has 0 aliphatic heterocycles. The SMILES string of the molecule is NC(Cc1cc(F)ccc1F)c1cccc(Cl)c1F. The Bertz CT molecular complexity index is 601. The van der Waals surface area contributed by atoms with E-state index in [0.29, 0.717) is 0 Å². The zero-order valence-electron chi connectivity index (χ0n) is 9.84. The van der Waals surface area contributed by atoms with Crippen molar-refractivity contribution in [3.05, 3.63) is 70.0 Å². The van der Waals surface area contributed by atoms with Crippen LogP contribution >= 0.6 is 11.6 Å². The van der Waals surface area contributed by atoms with Crippen LogP contribution in [0.3, 0.4) is 0 Å². The zero-order chi connectivity index (χ0) is 14.0. The lowest BCUT2D eigenvalue weighted by atomic mass is 9.99. The van der Waals surface area contributed by atoms with Crippen LogP contribution in [0.2, 0.25) is 5.02 Å². The first-order valence-electron chi connectivity index (χ1n) is 5.62. The van der Waals surface area contributed by atoms with E-state index in [0.717, 1.165) is 18.2 Å². The molecular formula is C14H11ClF3N. The number of nitrogens with two attached hydrogens (primary N) is 1. The van der Waals surface area contributed by atoms with E-state index in [4.69, 9.17) is 17.3 Å². The van der Waals surface area contributed by atoms with E-state index in [2.05, 4.69) is 0 Å². The smallest absolute Gasteiger partial charge is 0.146 e. The maximum atomic E-state index is 13.8. The largest absolute Gasteiger partial charge is 0.324 e. The van der Waals surface area contributed by atoms with Gasteiger partial charge in [0.1, 0.15) is 17.5 Å². The number of benzene rings is 2. The van der Waals surface area contributed by atoms with Crippen molar-refractivity contribution in [1.29, 1.82) is 0 Å². The van der Waals surface area contributed by atoms with Crippen LogP contribution in [0, 0.1) is 17.5 Å². The Morgan fingerprint density at radius 2 is 1.84 bits per heavy atom. The summed E-state index contributed by atoms with van der Waals surface area (Å²) in [6.45, 7) is 0. The maximum absolute atomic E-state index is 13.8. The minimum absolute atomic E-state index is 0.0130. The summed E-state index contributed by atoms with van der Waals surface area (Å²) in [6.07, 6.45) is -0.0130. The molecule has 0 aromatic heterocycles. The molecular weight excluding hydrogens is 275 g/mol. The molecule has 0 bridgehead atoms. The highest BCUT2D eigenvalue weighted by Gasteiger charge is 2.16. The Balaban J connectivity index is 2.28. The molecule has 2 rings (SSSR count). The van der Waals surface area contributed by atoms with Crippen LogP contribution in [-0.2, 0) is 6.42 Å². The van der Waals surface area contributed by atoms with Gasteiger partial charge in [-0.05, 0) is 36.2 Å². The average Bonchev–Trinajstić information content (AvgIpc) is 2.37. The van der Waals surface area contributed by atoms with Gasteiger partial charge in [-0.3, -0.25) is 0 Å². The number of hydrogen-bond acceptors (Lipinski definition) is 1. The molecule has 0 saturated carbocycles. The van der Waals surface area contributed by atoms with Crippen LogP contribution in [-0.4, -0.2) is 0 Å². The Hall–Kier alpha value is -1.52. The molecule has 0 fully saturated rings. The summed E-state index contributed by atoms with van der Waals surface area (Å²) in [4.78, 5) is 0. The highest BCUT2D eigenvalue weighted by Crippen LogP contribution is 2.25. The van der Waals surface area contributed by atoms with Crippen molar-refractivity contribution in [1.82, 2.24) is 0 Å². The van der Waals surface area contributed by atoms with Gasteiger partial charge in [0, 0.05) is 11.6 Å². The second-order valence-electron chi connectivity index (χ2n) is 4.19. The van der Waals surface area contributed by atoms with Gasteiger partial charge in [-0.2, -0.15) is 0 Å². The molecule has 1 unspecified atom stereocenters. The molecule has 0 saturated heterocycles. The van der Waals surface area contributed by atoms with Gasteiger partial charge in [0.15, 0.2) is 0 Å². The van der Waals surface area contributed by atoms with Crippen LogP contribution in [0.4, 0.5) is 13.2 Å². The summed E-state index contributed by atoms with van der Waals surface area (Å²) in [5.41, 5.74) is 6.11. The number of hydrogen-bond donors (Lipinski definition) is 1. The standard InChI is InChI=1S/C14H11ClF3N/c15-11-3-1-2-10(14(11)18)13(19)7-8-6-9(16)4-5-12(8)17/h1-6,13H,7,19H2. The van der Waals surface area contributed by atoms with Crippen molar-refractivity contribution in [2.24, 2.45) is 5.73 Å². The van der Waals surface area contributed by atoms with Crippen molar-refractivity contribution in [3.63, 3.8) is 0 Å². The fraction of sp³-hybridized carbons (Fsp3) is 0.143. The van der Waals surface area contributed by atoms with Crippen LogP contribution in [0.25, 0.3) is 0 Å². The molecule has 0 aliphatic rings. The molecule has 19 heavy (non-hydrogen) atoms. The normalized spacial score (nSPS) is 12.5. The van der Waals surface area contributed by atoms with Crippen LogP contribution < -0.4 is 5.73 Å².